The molecule has 0 saturated heterocycles. The van der Waals surface area contributed by atoms with Crippen molar-refractivity contribution in [2.24, 2.45) is 11.0 Å². The lowest BCUT2D eigenvalue weighted by Gasteiger charge is -2.34. The van der Waals surface area contributed by atoms with Gasteiger partial charge in [-0.25, -0.2) is 8.78 Å². The van der Waals surface area contributed by atoms with Gasteiger partial charge < -0.3 is 20.0 Å². The molecule has 3 heterocycles. The van der Waals surface area contributed by atoms with Crippen LogP contribution in [0.15, 0.2) is 45.8 Å². The van der Waals surface area contributed by atoms with Crippen LogP contribution in [0, 0.1) is 17.6 Å². The first kappa shape index (κ1) is 18.7. The molecule has 1 amide bonds. The Hall–Kier alpha value is -3.33. The number of carbonyl (C=O) groups excluding carboxylic acids is 1. The number of aromatic nitrogens is 1. The Morgan fingerprint density at radius 3 is 2.83 bits per heavy atom. The zero-order chi connectivity index (χ0) is 21.0. The highest BCUT2D eigenvalue weighted by molar-refractivity contribution is 5.97. The topological polar surface area (TPSA) is 86.8 Å². The molecule has 2 unspecified atom stereocenters. The molecule has 1 aromatic heterocycles. The largest absolute Gasteiger partial charge is 0.373 e. The highest BCUT2D eigenvalue weighted by Crippen LogP contribution is 2.34. The van der Waals surface area contributed by atoms with Crippen molar-refractivity contribution in [3.63, 3.8) is 0 Å². The number of rotatable bonds is 2. The summed E-state index contributed by atoms with van der Waals surface area (Å²) in [5, 5.41) is 4.34. The second kappa shape index (κ2) is 6.88. The third-order valence-corrected chi connectivity index (χ3v) is 5.82. The third kappa shape index (κ3) is 2.85. The van der Waals surface area contributed by atoms with Crippen LogP contribution in [-0.2, 0) is 16.1 Å². The van der Waals surface area contributed by atoms with Crippen LogP contribution in [0.25, 0.3) is 10.8 Å². The number of H-pyrrole nitrogens is 1. The van der Waals surface area contributed by atoms with Gasteiger partial charge in [-0.05, 0) is 23.6 Å². The van der Waals surface area contributed by atoms with E-state index in [9.17, 15) is 18.4 Å². The van der Waals surface area contributed by atoms with Crippen LogP contribution in [0.3, 0.4) is 0 Å². The Labute approximate surface area is 169 Å². The first-order valence-electron chi connectivity index (χ1n) is 9.51. The zero-order valence-corrected chi connectivity index (χ0v) is 16.0. The van der Waals surface area contributed by atoms with Gasteiger partial charge in [0.1, 0.15) is 0 Å². The number of halogens is 2. The van der Waals surface area contributed by atoms with Crippen molar-refractivity contribution in [2.45, 2.75) is 18.7 Å². The molecule has 0 radical (unpaired) electrons. The molecular weight excluding hydrogens is 394 g/mol. The van der Waals surface area contributed by atoms with E-state index in [1.54, 1.807) is 19.3 Å². The Bertz CT molecular complexity index is 1220. The molecule has 0 bridgehead atoms. The van der Waals surface area contributed by atoms with Gasteiger partial charge in [0.15, 0.2) is 11.6 Å². The van der Waals surface area contributed by atoms with Crippen molar-refractivity contribution in [2.75, 3.05) is 13.7 Å². The Balaban J connectivity index is 1.56. The quantitative estimate of drug-likeness (QED) is 0.789. The fourth-order valence-electron chi connectivity index (χ4n) is 4.21. The number of nitrogens with one attached hydrogen (secondary N) is 2. The maximum atomic E-state index is 14.0. The van der Waals surface area contributed by atoms with Crippen LogP contribution in [0.4, 0.5) is 8.78 Å². The van der Waals surface area contributed by atoms with Crippen molar-refractivity contribution < 1.29 is 18.3 Å². The van der Waals surface area contributed by atoms with Gasteiger partial charge >= 0.3 is 0 Å². The lowest BCUT2D eigenvalue weighted by molar-refractivity contribution is -0.129. The molecule has 2 aliphatic heterocycles. The van der Waals surface area contributed by atoms with E-state index in [-0.39, 0.29) is 41.9 Å². The van der Waals surface area contributed by atoms with Gasteiger partial charge in [-0.2, -0.15) is 5.10 Å². The number of likely N-dealkylation sites (N-methyl/N-ethyl adjacent to an activating group) is 1. The molecule has 0 spiro atoms. The molecule has 9 heteroatoms. The minimum absolute atomic E-state index is 0.0346. The van der Waals surface area contributed by atoms with E-state index in [1.807, 2.05) is 12.2 Å². The summed E-state index contributed by atoms with van der Waals surface area (Å²) in [5.41, 5.74) is 3.93. The van der Waals surface area contributed by atoms with Gasteiger partial charge in [0.25, 0.3) is 11.5 Å². The third-order valence-electron chi connectivity index (χ3n) is 5.82. The number of aromatic amines is 1. The molecule has 2 aromatic rings. The number of nitrogens with zero attached hydrogens (tertiary/aromatic N) is 2. The van der Waals surface area contributed by atoms with Crippen LogP contribution in [0.1, 0.15) is 17.3 Å². The van der Waals surface area contributed by atoms with Gasteiger partial charge in [0, 0.05) is 36.0 Å². The number of hydrogen-bond donors (Lipinski definition) is 2. The summed E-state index contributed by atoms with van der Waals surface area (Å²) in [6.07, 6.45) is 7.26. The van der Waals surface area contributed by atoms with Gasteiger partial charge in [-0.1, -0.05) is 12.2 Å². The number of carbonyl (C=O) groups is 1. The van der Waals surface area contributed by atoms with Gasteiger partial charge in [-0.15, -0.1) is 0 Å². The second-order valence-electron chi connectivity index (χ2n) is 7.60. The summed E-state index contributed by atoms with van der Waals surface area (Å²) in [6, 6.07) is 1.24. The van der Waals surface area contributed by atoms with E-state index >= 15 is 0 Å². The summed E-state index contributed by atoms with van der Waals surface area (Å²) in [5.74, 6) is -2.29. The van der Waals surface area contributed by atoms with Crippen LogP contribution in [0.2, 0.25) is 0 Å². The monoisotopic (exact) mass is 412 g/mol. The standard InChI is InChI=1S/C21H18F2N4O3/c1-27(21(29)10-2-3-11-7-24-26-16(11)4-10)18-9-30-8-17-19(18)12-5-14(22)15(23)6-13(12)20(28)25-17/h2-7,11,16,18,26H,8-9H2,1H3,(H,25,28)/t11?,16?,18-/m1/s1. The number of amides is 1. The maximum absolute atomic E-state index is 14.0. The van der Waals surface area contributed by atoms with Gasteiger partial charge in [0.05, 0.1) is 30.7 Å². The number of fused-ring (bicyclic) bond motifs is 4. The Morgan fingerprint density at radius 1 is 1.27 bits per heavy atom. The average Bonchev–Trinajstić information content (AvgIpc) is 3.21. The molecule has 7 nitrogen and oxygen atoms in total. The molecule has 0 saturated carbocycles. The van der Waals surface area contributed by atoms with Crippen LogP contribution >= 0.6 is 0 Å². The van der Waals surface area contributed by atoms with E-state index in [4.69, 9.17) is 4.74 Å². The van der Waals surface area contributed by atoms with Crippen molar-refractivity contribution in [1.29, 1.82) is 0 Å². The summed E-state index contributed by atoms with van der Waals surface area (Å²) in [4.78, 5) is 29.7. The summed E-state index contributed by atoms with van der Waals surface area (Å²) >= 11 is 0. The fraction of sp³-hybridized carbons (Fsp3) is 0.286. The van der Waals surface area contributed by atoms with Gasteiger partial charge in [-0.3, -0.25) is 9.59 Å². The first-order valence-corrected chi connectivity index (χ1v) is 9.51. The smallest absolute Gasteiger partial charge is 0.256 e. The molecule has 30 heavy (non-hydrogen) atoms. The molecular formula is C21H18F2N4O3. The van der Waals surface area contributed by atoms with E-state index in [2.05, 4.69) is 15.5 Å². The normalized spacial score (nSPS) is 24.2. The maximum Gasteiger partial charge on any atom is 0.256 e. The lowest BCUT2D eigenvalue weighted by Crippen LogP contribution is -2.39. The number of pyridine rings is 1. The predicted molar refractivity (Wildman–Crippen MR) is 106 cm³/mol. The van der Waals surface area contributed by atoms with E-state index in [1.165, 1.54) is 4.90 Å². The highest BCUT2D eigenvalue weighted by atomic mass is 19.2. The minimum atomic E-state index is -1.10. The number of benzene rings is 1. The van der Waals surface area contributed by atoms with Crippen molar-refractivity contribution in [1.82, 2.24) is 15.3 Å². The molecule has 3 aliphatic rings. The SMILES string of the molecule is CN(C(=O)C1=CC2NN=CC2C=C1)[C@@H]1COCc2[nH]c(=O)c3cc(F)c(F)cc3c21. The van der Waals surface area contributed by atoms with Gasteiger partial charge in [0.2, 0.25) is 0 Å². The summed E-state index contributed by atoms with van der Waals surface area (Å²) in [7, 11) is 1.63. The number of hydrazone groups is 1. The number of ether oxygens (including phenoxy) is 1. The molecule has 1 aliphatic carbocycles. The van der Waals surface area contributed by atoms with Crippen LogP contribution in [-0.4, -0.2) is 41.7 Å². The van der Waals surface area contributed by atoms with E-state index < -0.39 is 23.2 Å². The van der Waals surface area contributed by atoms with Crippen LogP contribution in [0.5, 0.6) is 0 Å². The molecule has 1 aromatic carbocycles. The van der Waals surface area contributed by atoms with E-state index in [0.717, 1.165) is 12.1 Å². The summed E-state index contributed by atoms with van der Waals surface area (Å²) < 4.78 is 33.4. The van der Waals surface area contributed by atoms with Crippen molar-refractivity contribution >= 4 is 22.9 Å². The van der Waals surface area contributed by atoms with Crippen molar-refractivity contribution in [3.8, 4) is 0 Å². The molecule has 154 valence electrons. The highest BCUT2D eigenvalue weighted by Gasteiger charge is 2.33. The zero-order valence-electron chi connectivity index (χ0n) is 16.0. The molecule has 3 atom stereocenters. The number of hydrogen-bond acceptors (Lipinski definition) is 5. The van der Waals surface area contributed by atoms with Crippen LogP contribution < -0.4 is 11.0 Å². The molecule has 2 N–H and O–H groups in total. The predicted octanol–water partition coefficient (Wildman–Crippen LogP) is 1.91. The average molecular weight is 412 g/mol. The lowest BCUT2D eigenvalue weighted by atomic mass is 9.92. The molecule has 0 fully saturated rings. The molecule has 5 rings (SSSR count). The Morgan fingerprint density at radius 2 is 2.03 bits per heavy atom. The second-order valence-corrected chi connectivity index (χ2v) is 7.60. The Kier molecular flexibility index (Phi) is 4.28. The first-order chi connectivity index (χ1) is 14.4. The summed E-state index contributed by atoms with van der Waals surface area (Å²) in [6.45, 7) is 0.283. The van der Waals surface area contributed by atoms with E-state index in [0.29, 0.717) is 16.8 Å². The van der Waals surface area contributed by atoms with Crippen molar-refractivity contribution in [3.05, 3.63) is 69.2 Å². The minimum Gasteiger partial charge on any atom is -0.373 e. The fourth-order valence-corrected chi connectivity index (χ4v) is 4.21.